The number of esters is 1. The molecule has 1 heterocycles. The van der Waals surface area contributed by atoms with E-state index in [0.29, 0.717) is 11.3 Å². The second kappa shape index (κ2) is 15.1. The number of ether oxygens (including phenoxy) is 2. The van der Waals surface area contributed by atoms with Crippen LogP contribution in [0.1, 0.15) is 142 Å². The minimum Gasteiger partial charge on any atom is -0.487 e. The number of aromatic carboxylic acids is 1. The molecule has 0 aromatic heterocycles. The van der Waals surface area contributed by atoms with E-state index in [2.05, 4.69) is 34.6 Å². The molecule has 0 amide bonds. The van der Waals surface area contributed by atoms with Crippen LogP contribution in [-0.2, 0) is 6.42 Å². The van der Waals surface area contributed by atoms with Gasteiger partial charge in [-0.05, 0) is 112 Å². The van der Waals surface area contributed by atoms with Crippen molar-refractivity contribution in [2.24, 2.45) is 17.8 Å². The van der Waals surface area contributed by atoms with Crippen LogP contribution in [0.15, 0.2) is 24.3 Å². The Morgan fingerprint density at radius 1 is 0.833 bits per heavy atom. The van der Waals surface area contributed by atoms with Gasteiger partial charge in [-0.2, -0.15) is 0 Å². The molecule has 0 bridgehead atoms. The van der Waals surface area contributed by atoms with Crippen LogP contribution < -0.4 is 9.47 Å². The molecule has 0 saturated heterocycles. The highest BCUT2D eigenvalue weighted by Crippen LogP contribution is 2.45. The van der Waals surface area contributed by atoms with Crippen molar-refractivity contribution in [1.82, 2.24) is 0 Å². The average Bonchev–Trinajstić information content (AvgIpc) is 2.93. The number of fused-ring (bicyclic) bond motifs is 1. The molecule has 1 N–H and O–H groups in total. The first-order chi connectivity index (χ1) is 19.8. The van der Waals surface area contributed by atoms with E-state index in [1.54, 1.807) is 0 Å². The van der Waals surface area contributed by atoms with Gasteiger partial charge in [0.05, 0.1) is 11.1 Å². The third-order valence-electron chi connectivity index (χ3n) is 9.40. The summed E-state index contributed by atoms with van der Waals surface area (Å²) in [6.07, 6.45) is 13.4. The van der Waals surface area contributed by atoms with Gasteiger partial charge in [0.15, 0.2) is 0 Å². The quantitative estimate of drug-likeness (QED) is 0.168. The van der Waals surface area contributed by atoms with Crippen molar-refractivity contribution >= 4 is 11.9 Å². The van der Waals surface area contributed by atoms with Crippen LogP contribution in [0.4, 0.5) is 0 Å². The molecular weight excluding hydrogens is 524 g/mol. The average molecular weight is 579 g/mol. The summed E-state index contributed by atoms with van der Waals surface area (Å²) >= 11 is 0. The van der Waals surface area contributed by atoms with Gasteiger partial charge < -0.3 is 14.6 Å². The highest BCUT2D eigenvalue weighted by atomic mass is 16.5. The lowest BCUT2D eigenvalue weighted by Crippen LogP contribution is -2.37. The zero-order valence-corrected chi connectivity index (χ0v) is 27.4. The Morgan fingerprint density at radius 3 is 1.95 bits per heavy atom. The van der Waals surface area contributed by atoms with Crippen molar-refractivity contribution in [3.05, 3.63) is 57.6 Å². The minimum atomic E-state index is -1.03. The number of carbonyl (C=O) groups is 2. The maximum absolute atomic E-state index is 12.9. The summed E-state index contributed by atoms with van der Waals surface area (Å²) in [4.78, 5) is 24.1. The van der Waals surface area contributed by atoms with Crippen molar-refractivity contribution < 1.29 is 24.2 Å². The fourth-order valence-corrected chi connectivity index (χ4v) is 6.31. The predicted octanol–water partition coefficient (Wildman–Crippen LogP) is 10.1. The molecule has 1 aliphatic heterocycles. The van der Waals surface area contributed by atoms with Gasteiger partial charge in [-0.15, -0.1) is 0 Å². The normalized spacial score (nSPS) is 17.8. The van der Waals surface area contributed by atoms with Crippen LogP contribution in [0.5, 0.6) is 11.5 Å². The number of hydrogen-bond acceptors (Lipinski definition) is 4. The van der Waals surface area contributed by atoms with Crippen LogP contribution in [0.3, 0.4) is 0 Å². The highest BCUT2D eigenvalue weighted by Gasteiger charge is 2.35. The minimum absolute atomic E-state index is 0.135. The molecule has 2 aromatic carbocycles. The molecule has 0 saturated carbocycles. The van der Waals surface area contributed by atoms with Crippen molar-refractivity contribution in [3.63, 3.8) is 0 Å². The van der Waals surface area contributed by atoms with Gasteiger partial charge in [-0.25, -0.2) is 9.59 Å². The Labute approximate surface area is 254 Å². The molecule has 0 unspecified atom stereocenters. The van der Waals surface area contributed by atoms with E-state index in [9.17, 15) is 9.59 Å². The van der Waals surface area contributed by atoms with Gasteiger partial charge in [-0.1, -0.05) is 72.6 Å². The molecule has 0 spiro atoms. The number of carboxylic acid groups (broad SMARTS) is 1. The van der Waals surface area contributed by atoms with Gasteiger partial charge in [0, 0.05) is 5.56 Å². The summed E-state index contributed by atoms with van der Waals surface area (Å²) in [5.74, 6) is 2.41. The molecule has 232 valence electrons. The van der Waals surface area contributed by atoms with E-state index in [1.165, 1.54) is 75.6 Å². The van der Waals surface area contributed by atoms with Gasteiger partial charge in [0.1, 0.15) is 17.1 Å². The fourth-order valence-electron chi connectivity index (χ4n) is 6.31. The smallest absolute Gasteiger partial charge is 0.343 e. The summed E-state index contributed by atoms with van der Waals surface area (Å²) < 4.78 is 12.6. The molecule has 3 atom stereocenters. The molecule has 1 aliphatic rings. The summed E-state index contributed by atoms with van der Waals surface area (Å²) in [6.45, 7) is 17.7. The van der Waals surface area contributed by atoms with Crippen molar-refractivity contribution in [3.8, 4) is 11.5 Å². The molecule has 0 fully saturated rings. The Bertz CT molecular complexity index is 1210. The maximum Gasteiger partial charge on any atom is 0.343 e. The zero-order chi connectivity index (χ0) is 31.0. The van der Waals surface area contributed by atoms with Crippen molar-refractivity contribution in [2.75, 3.05) is 0 Å². The fraction of sp³-hybridized carbons (Fsp3) is 0.622. The number of hydrogen-bond donors (Lipinski definition) is 1. The Hall–Kier alpha value is -2.82. The molecule has 0 aliphatic carbocycles. The van der Waals surface area contributed by atoms with Crippen molar-refractivity contribution in [1.29, 1.82) is 0 Å². The summed E-state index contributed by atoms with van der Waals surface area (Å²) in [6, 6.07) is 5.82. The Kier molecular flexibility index (Phi) is 12.1. The van der Waals surface area contributed by atoms with Crippen LogP contribution in [0.2, 0.25) is 0 Å². The van der Waals surface area contributed by atoms with Gasteiger partial charge in [-0.3, -0.25) is 0 Å². The molecule has 2 aromatic rings. The lowest BCUT2D eigenvalue weighted by molar-refractivity contribution is 0.0508. The summed E-state index contributed by atoms with van der Waals surface area (Å²) in [5, 5.41) is 9.13. The predicted molar refractivity (Wildman–Crippen MR) is 171 cm³/mol. The largest absolute Gasteiger partial charge is 0.487 e. The van der Waals surface area contributed by atoms with E-state index in [4.69, 9.17) is 14.6 Å². The first kappa shape index (κ1) is 33.7. The van der Waals surface area contributed by atoms with Crippen LogP contribution in [-0.4, -0.2) is 22.6 Å². The van der Waals surface area contributed by atoms with E-state index < -0.39 is 11.9 Å². The lowest BCUT2D eigenvalue weighted by Gasteiger charge is -2.38. The molecule has 5 nitrogen and oxygen atoms in total. The Morgan fingerprint density at radius 2 is 1.38 bits per heavy atom. The van der Waals surface area contributed by atoms with Gasteiger partial charge in [0.25, 0.3) is 0 Å². The first-order valence-corrected chi connectivity index (χ1v) is 16.2. The monoisotopic (exact) mass is 578 g/mol. The zero-order valence-electron chi connectivity index (χ0n) is 27.4. The van der Waals surface area contributed by atoms with Gasteiger partial charge >= 0.3 is 11.9 Å². The molecule has 42 heavy (non-hydrogen) atoms. The SMILES string of the molecule is Cc1c(C)c2c(c(C)c1OC(=O)c1ccc(C(=O)O)cc1)CC[C@@](C)(CCC[C@H](C)CCC[C@H](C)CCCC(C)C)O2. The summed E-state index contributed by atoms with van der Waals surface area (Å²) in [5.41, 5.74) is 4.25. The third kappa shape index (κ3) is 9.09. The number of rotatable bonds is 15. The number of carboxylic acids is 1. The maximum atomic E-state index is 12.9. The van der Waals surface area contributed by atoms with Gasteiger partial charge in [0.2, 0.25) is 0 Å². The topological polar surface area (TPSA) is 72.8 Å². The molecular formula is C37H54O5. The van der Waals surface area contributed by atoms with Crippen molar-refractivity contribution in [2.45, 2.75) is 132 Å². The standard InChI is InChI=1S/C37H54O5/c1-24(2)12-9-13-25(3)14-10-15-26(4)16-11-22-37(8)23-21-32-29(7)33(27(5)28(6)34(32)42-37)41-36(40)31-19-17-30(18-20-31)35(38)39/h17-20,24-26H,9-16,21-23H2,1-8H3,(H,38,39)/t25-,26-,37-/m1/s1. The molecule has 0 radical (unpaired) electrons. The highest BCUT2D eigenvalue weighted by molar-refractivity contribution is 5.94. The molecule has 5 heteroatoms. The second-order valence-corrected chi connectivity index (χ2v) is 13.7. The van der Waals surface area contributed by atoms with Crippen LogP contribution in [0.25, 0.3) is 0 Å². The first-order valence-electron chi connectivity index (χ1n) is 16.2. The lowest BCUT2D eigenvalue weighted by atomic mass is 9.83. The Balaban J connectivity index is 1.54. The second-order valence-electron chi connectivity index (χ2n) is 13.7. The molecule has 3 rings (SSSR count). The summed E-state index contributed by atoms with van der Waals surface area (Å²) in [7, 11) is 0. The van der Waals surface area contributed by atoms with E-state index >= 15 is 0 Å². The number of carbonyl (C=O) groups excluding carboxylic acids is 1. The number of benzene rings is 2. The van der Waals surface area contributed by atoms with E-state index in [1.807, 2.05) is 20.8 Å². The van der Waals surface area contributed by atoms with E-state index in [-0.39, 0.29) is 11.2 Å². The van der Waals surface area contributed by atoms with Crippen LogP contribution in [0, 0.1) is 38.5 Å². The third-order valence-corrected chi connectivity index (χ3v) is 9.40. The van der Waals surface area contributed by atoms with Crippen LogP contribution >= 0.6 is 0 Å². The van der Waals surface area contributed by atoms with E-state index in [0.717, 1.165) is 65.0 Å².